The number of rotatable bonds is 6. The molecule has 2 aromatic rings. The number of piperazine rings is 1. The zero-order chi connectivity index (χ0) is 24.7. The van der Waals surface area contributed by atoms with Crippen molar-refractivity contribution in [2.75, 3.05) is 43.9 Å². The summed E-state index contributed by atoms with van der Waals surface area (Å²) in [5.74, 6) is -0.595. The van der Waals surface area contributed by atoms with Gasteiger partial charge in [-0.15, -0.1) is 0 Å². The average Bonchev–Trinajstić information content (AvgIpc) is 3.45. The number of nitrogens with zero attached hydrogens (tertiary/aromatic N) is 4. The largest absolute Gasteiger partial charge is 0.492 e. The van der Waals surface area contributed by atoms with Crippen LogP contribution in [-0.2, 0) is 9.84 Å². The molecule has 1 aliphatic heterocycles. The Balaban J connectivity index is 1.53. The first-order valence-electron chi connectivity index (χ1n) is 10.4. The normalized spacial score (nSPS) is 17.9. The van der Waals surface area contributed by atoms with Gasteiger partial charge in [0.2, 0.25) is 0 Å². The van der Waals surface area contributed by atoms with Crippen LogP contribution in [0.25, 0.3) is 0 Å². The number of anilines is 1. The Morgan fingerprint density at radius 3 is 2.47 bits per heavy atom. The molecule has 0 N–H and O–H groups in total. The van der Waals surface area contributed by atoms with E-state index in [0.29, 0.717) is 23.1 Å². The third-order valence-corrected chi connectivity index (χ3v) is 8.08. The number of nitriles is 1. The van der Waals surface area contributed by atoms with E-state index in [2.05, 4.69) is 4.98 Å². The molecular weight excluding hydrogens is 493 g/mol. The summed E-state index contributed by atoms with van der Waals surface area (Å²) in [7, 11) is -3.65. The van der Waals surface area contributed by atoms with Crippen LogP contribution >= 0.6 is 11.3 Å². The Bertz CT molecular complexity index is 1240. The molecule has 2 aliphatic rings. The number of hydrogen-bond donors (Lipinski definition) is 0. The second-order valence-corrected chi connectivity index (χ2v) is 11.4. The lowest BCUT2D eigenvalue weighted by molar-refractivity contribution is -0.194. The van der Waals surface area contributed by atoms with E-state index in [0.717, 1.165) is 12.3 Å². The van der Waals surface area contributed by atoms with Crippen molar-refractivity contribution in [3.8, 4) is 11.8 Å². The lowest BCUT2D eigenvalue weighted by atomic mass is 10.1. The van der Waals surface area contributed by atoms with E-state index in [1.165, 1.54) is 34.6 Å². The van der Waals surface area contributed by atoms with Gasteiger partial charge in [0, 0.05) is 32.4 Å². The van der Waals surface area contributed by atoms with Crippen LogP contribution in [-0.4, -0.2) is 69.4 Å². The molecule has 4 rings (SSSR count). The van der Waals surface area contributed by atoms with Crippen molar-refractivity contribution in [2.45, 2.75) is 23.9 Å². The number of alkyl halides is 3. The van der Waals surface area contributed by atoms with Gasteiger partial charge in [-0.25, -0.2) is 13.4 Å². The quantitative estimate of drug-likeness (QED) is 0.584. The van der Waals surface area contributed by atoms with E-state index < -0.39 is 33.9 Å². The second-order valence-electron chi connectivity index (χ2n) is 8.40. The standard InChI is InChI=1S/C21H21F3N4O4S2/c1-34(30,31)15-2-3-17(32-13-20(4-5-20)21(22,23)24)16(10-15)18(29)27-6-8-28(9-7-27)19-26-12-14(11-25)33-19/h2-3,10,12H,4-9,13H2,1H3. The van der Waals surface area contributed by atoms with Crippen molar-refractivity contribution in [1.29, 1.82) is 5.26 Å². The highest BCUT2D eigenvalue weighted by Crippen LogP contribution is 2.57. The van der Waals surface area contributed by atoms with E-state index in [9.17, 15) is 26.4 Å². The number of carbonyl (C=O) groups excluding carboxylic acids is 1. The Hall–Kier alpha value is -2.85. The van der Waals surface area contributed by atoms with Crippen LogP contribution in [0, 0.1) is 16.7 Å². The van der Waals surface area contributed by atoms with Gasteiger partial charge in [0.25, 0.3) is 5.91 Å². The molecule has 1 aromatic carbocycles. The Labute approximate surface area is 198 Å². The van der Waals surface area contributed by atoms with Gasteiger partial charge in [0.1, 0.15) is 28.7 Å². The second kappa shape index (κ2) is 8.74. The number of hydrogen-bond acceptors (Lipinski definition) is 8. The third kappa shape index (κ3) is 4.83. The predicted octanol–water partition coefficient (Wildman–Crippen LogP) is 3.10. The average molecular weight is 515 g/mol. The molecule has 13 heteroatoms. The van der Waals surface area contributed by atoms with Crippen LogP contribution in [0.5, 0.6) is 5.75 Å². The first-order valence-corrected chi connectivity index (χ1v) is 13.1. The van der Waals surface area contributed by atoms with E-state index in [1.54, 1.807) is 0 Å². The number of aromatic nitrogens is 1. The van der Waals surface area contributed by atoms with Crippen LogP contribution < -0.4 is 9.64 Å². The summed E-state index contributed by atoms with van der Waals surface area (Å²) in [6.45, 7) is 0.811. The highest BCUT2D eigenvalue weighted by Gasteiger charge is 2.64. The van der Waals surface area contributed by atoms with Crippen LogP contribution in [0.3, 0.4) is 0 Å². The minimum atomic E-state index is -4.42. The van der Waals surface area contributed by atoms with Gasteiger partial charge in [-0.1, -0.05) is 11.3 Å². The monoisotopic (exact) mass is 514 g/mol. The minimum absolute atomic E-state index is 0.0482. The molecule has 0 bridgehead atoms. The first-order chi connectivity index (χ1) is 15.9. The molecule has 0 atom stereocenters. The molecule has 1 amide bonds. The van der Waals surface area contributed by atoms with E-state index in [1.807, 2.05) is 11.0 Å². The Morgan fingerprint density at radius 1 is 1.26 bits per heavy atom. The Morgan fingerprint density at radius 2 is 1.94 bits per heavy atom. The van der Waals surface area contributed by atoms with Gasteiger partial charge in [-0.05, 0) is 31.0 Å². The van der Waals surface area contributed by atoms with Gasteiger partial charge < -0.3 is 14.5 Å². The maximum absolute atomic E-state index is 13.3. The van der Waals surface area contributed by atoms with Crippen molar-refractivity contribution in [3.05, 3.63) is 34.8 Å². The molecule has 1 saturated heterocycles. The van der Waals surface area contributed by atoms with E-state index in [-0.39, 0.29) is 42.1 Å². The topological polar surface area (TPSA) is 104 Å². The summed E-state index contributed by atoms with van der Waals surface area (Å²) in [5, 5.41) is 9.63. The van der Waals surface area contributed by atoms with Gasteiger partial charge in [-0.3, -0.25) is 4.79 Å². The zero-order valence-corrected chi connectivity index (χ0v) is 19.8. The molecule has 34 heavy (non-hydrogen) atoms. The van der Waals surface area contributed by atoms with Gasteiger partial charge >= 0.3 is 6.18 Å². The van der Waals surface area contributed by atoms with E-state index in [4.69, 9.17) is 10.00 Å². The molecular formula is C21H21F3N4O4S2. The Kier molecular flexibility index (Phi) is 6.24. The van der Waals surface area contributed by atoms with Crippen LogP contribution in [0.15, 0.2) is 29.3 Å². The van der Waals surface area contributed by atoms with Crippen molar-refractivity contribution in [2.24, 2.45) is 5.41 Å². The maximum atomic E-state index is 13.3. The van der Waals surface area contributed by atoms with Crippen LogP contribution in [0.2, 0.25) is 0 Å². The molecule has 2 fully saturated rings. The number of carbonyl (C=O) groups is 1. The third-order valence-electron chi connectivity index (χ3n) is 6.01. The molecule has 8 nitrogen and oxygen atoms in total. The SMILES string of the molecule is CS(=O)(=O)c1ccc(OCC2(C(F)(F)F)CC2)c(C(=O)N2CCN(c3ncc(C#N)s3)CC2)c1. The predicted molar refractivity (Wildman–Crippen MR) is 118 cm³/mol. The zero-order valence-electron chi connectivity index (χ0n) is 18.1. The lowest BCUT2D eigenvalue weighted by Crippen LogP contribution is -2.48. The number of ether oxygens (including phenoxy) is 1. The number of halogens is 3. The number of sulfone groups is 1. The summed E-state index contributed by atoms with van der Waals surface area (Å²) in [6, 6.07) is 5.65. The maximum Gasteiger partial charge on any atom is 0.397 e. The highest BCUT2D eigenvalue weighted by molar-refractivity contribution is 7.90. The molecule has 2 heterocycles. The fraction of sp³-hybridized carbons (Fsp3) is 0.476. The van der Waals surface area contributed by atoms with Crippen molar-refractivity contribution in [1.82, 2.24) is 9.88 Å². The summed E-state index contributed by atoms with van der Waals surface area (Å²) in [4.78, 5) is 21.3. The molecule has 1 saturated carbocycles. The van der Waals surface area contributed by atoms with Crippen molar-refractivity contribution < 1.29 is 31.1 Å². The lowest BCUT2D eigenvalue weighted by Gasteiger charge is -2.35. The van der Waals surface area contributed by atoms with Crippen LogP contribution in [0.1, 0.15) is 28.1 Å². The number of thiazole rings is 1. The molecule has 1 aliphatic carbocycles. The first kappa shape index (κ1) is 24.3. The molecule has 1 aromatic heterocycles. The summed E-state index contributed by atoms with van der Waals surface area (Å²) < 4.78 is 69.5. The van der Waals surface area contributed by atoms with Crippen LogP contribution in [0.4, 0.5) is 18.3 Å². The molecule has 0 radical (unpaired) electrons. The fourth-order valence-electron chi connectivity index (χ4n) is 3.64. The smallest absolute Gasteiger partial charge is 0.397 e. The number of amides is 1. The highest BCUT2D eigenvalue weighted by atomic mass is 32.2. The summed E-state index contributed by atoms with van der Waals surface area (Å²) in [5.41, 5.74) is -2.01. The number of benzene rings is 1. The van der Waals surface area contributed by atoms with Crippen molar-refractivity contribution >= 4 is 32.2 Å². The summed E-state index contributed by atoms with van der Waals surface area (Å²) >= 11 is 1.24. The summed E-state index contributed by atoms with van der Waals surface area (Å²) in [6.07, 6.45) is -2.05. The minimum Gasteiger partial charge on any atom is -0.492 e. The molecule has 0 unspecified atom stereocenters. The van der Waals surface area contributed by atoms with E-state index >= 15 is 0 Å². The van der Waals surface area contributed by atoms with Gasteiger partial charge in [0.05, 0.1) is 16.7 Å². The van der Waals surface area contributed by atoms with Crippen molar-refractivity contribution in [3.63, 3.8) is 0 Å². The molecule has 182 valence electrons. The van der Waals surface area contributed by atoms with Gasteiger partial charge in [-0.2, -0.15) is 18.4 Å². The fourth-order valence-corrected chi connectivity index (χ4v) is 5.06. The molecule has 0 spiro atoms. The van der Waals surface area contributed by atoms with Gasteiger partial charge in [0.15, 0.2) is 15.0 Å².